The standard InChI is InChI=1S/C25H39NO5Si.C15H30O4Si/c1-9-20(27)25(5,6)21(31-32(7,8)24(2,3)4)16-22(28)26-19(17-30-23(26)29)15-18-13-11-10-12-14-18;1-9-11(16)15(5,6)12(10-13(17)18)19-20(7,8)14(2,3)4/h10-14,19,21H,9,15-17H2,1-8H3;12H,9-10H2,1-8H3,(H,17,18)/t19-,21-;12-/m00/s1. The highest BCUT2D eigenvalue weighted by molar-refractivity contribution is 6.74. The third-order valence-corrected chi connectivity index (χ3v) is 20.4. The van der Waals surface area contributed by atoms with Crippen molar-refractivity contribution in [1.82, 2.24) is 4.90 Å². The zero-order chi connectivity index (χ0) is 40.7. The van der Waals surface area contributed by atoms with Crippen molar-refractivity contribution in [3.05, 3.63) is 35.9 Å². The number of hydrogen-bond donors (Lipinski definition) is 1. The number of ether oxygens (including phenoxy) is 1. The molecule has 0 spiro atoms. The third-order valence-electron chi connectivity index (χ3n) is 11.4. The monoisotopic (exact) mass is 763 g/mol. The van der Waals surface area contributed by atoms with E-state index in [4.69, 9.17) is 18.7 Å². The highest BCUT2D eigenvalue weighted by Gasteiger charge is 2.48. The zero-order valence-electron chi connectivity index (χ0n) is 35.0. The normalized spacial score (nSPS) is 17.1. The zero-order valence-corrected chi connectivity index (χ0v) is 37.0. The molecule has 296 valence electrons. The second-order valence-electron chi connectivity index (χ2n) is 18.2. The molecule has 0 aliphatic carbocycles. The van der Waals surface area contributed by atoms with E-state index in [2.05, 4.69) is 67.7 Å². The molecule has 52 heavy (non-hydrogen) atoms. The molecular formula is C40H69NO9Si2. The number of hydrogen-bond acceptors (Lipinski definition) is 8. The first-order chi connectivity index (χ1) is 23.5. The summed E-state index contributed by atoms with van der Waals surface area (Å²) in [4.78, 5) is 63.2. The lowest BCUT2D eigenvalue weighted by atomic mass is 9.79. The Balaban J connectivity index is 0.000000583. The molecule has 3 atom stereocenters. The van der Waals surface area contributed by atoms with E-state index in [-0.39, 0.29) is 53.0 Å². The van der Waals surface area contributed by atoms with Crippen molar-refractivity contribution in [3.8, 4) is 0 Å². The first-order valence-electron chi connectivity index (χ1n) is 18.6. The number of ketones is 2. The molecule has 2 amide bonds. The first-order valence-corrected chi connectivity index (χ1v) is 24.4. The fraction of sp³-hybridized carbons (Fsp3) is 0.725. The van der Waals surface area contributed by atoms with Crippen LogP contribution in [-0.4, -0.2) is 81.0 Å². The lowest BCUT2D eigenvalue weighted by Gasteiger charge is -2.43. The van der Waals surface area contributed by atoms with E-state index in [1.807, 2.05) is 51.1 Å². The van der Waals surface area contributed by atoms with Crippen LogP contribution in [0.25, 0.3) is 0 Å². The fourth-order valence-electron chi connectivity index (χ4n) is 5.44. The molecule has 1 heterocycles. The number of nitrogens with zero attached hydrogens (tertiary/aromatic N) is 1. The summed E-state index contributed by atoms with van der Waals surface area (Å²) in [6.45, 7) is 32.1. The largest absolute Gasteiger partial charge is 0.481 e. The lowest BCUT2D eigenvalue weighted by Crippen LogP contribution is -2.52. The van der Waals surface area contributed by atoms with Gasteiger partial charge in [0.05, 0.1) is 31.1 Å². The highest BCUT2D eigenvalue weighted by atomic mass is 28.4. The van der Waals surface area contributed by atoms with Crippen molar-refractivity contribution >= 4 is 46.2 Å². The Morgan fingerprint density at radius 2 is 1.17 bits per heavy atom. The number of Topliss-reactive ketones (excluding diaryl/α,β-unsaturated/α-hetero) is 2. The molecule has 1 aliphatic heterocycles. The second kappa shape index (κ2) is 18.1. The van der Waals surface area contributed by atoms with Crippen LogP contribution in [0.5, 0.6) is 0 Å². The Bertz CT molecular complexity index is 1390. The van der Waals surface area contributed by atoms with E-state index in [0.29, 0.717) is 19.3 Å². The van der Waals surface area contributed by atoms with Crippen LogP contribution in [0.4, 0.5) is 4.79 Å². The molecule has 1 fully saturated rings. The summed E-state index contributed by atoms with van der Waals surface area (Å²) in [5.74, 6) is -1.19. The molecule has 0 aromatic heterocycles. The molecule has 0 bridgehead atoms. The van der Waals surface area contributed by atoms with E-state index in [1.165, 1.54) is 4.90 Å². The third kappa shape index (κ3) is 12.4. The van der Waals surface area contributed by atoms with Crippen LogP contribution in [0.2, 0.25) is 36.3 Å². The molecule has 1 saturated heterocycles. The molecule has 12 heteroatoms. The summed E-state index contributed by atoms with van der Waals surface area (Å²) < 4.78 is 18.1. The van der Waals surface area contributed by atoms with Gasteiger partial charge in [0.1, 0.15) is 18.2 Å². The number of carboxylic acids is 1. The van der Waals surface area contributed by atoms with Gasteiger partial charge < -0.3 is 18.7 Å². The summed E-state index contributed by atoms with van der Waals surface area (Å²) in [6.07, 6.45) is -0.699. The van der Waals surface area contributed by atoms with Crippen LogP contribution in [0.15, 0.2) is 30.3 Å². The van der Waals surface area contributed by atoms with Crippen LogP contribution >= 0.6 is 0 Å². The van der Waals surface area contributed by atoms with Gasteiger partial charge in [-0.25, -0.2) is 9.69 Å². The second-order valence-corrected chi connectivity index (χ2v) is 27.7. The number of carboxylic acid groups (broad SMARTS) is 1. The number of cyclic esters (lactones) is 1. The molecule has 0 saturated carbocycles. The van der Waals surface area contributed by atoms with E-state index in [9.17, 15) is 24.0 Å². The van der Waals surface area contributed by atoms with Gasteiger partial charge in [0.15, 0.2) is 16.6 Å². The molecule has 10 nitrogen and oxygen atoms in total. The van der Waals surface area contributed by atoms with Gasteiger partial charge in [0.2, 0.25) is 5.91 Å². The van der Waals surface area contributed by atoms with E-state index >= 15 is 0 Å². The van der Waals surface area contributed by atoms with Crippen LogP contribution in [0.1, 0.15) is 114 Å². The van der Waals surface area contributed by atoms with Crippen LogP contribution in [-0.2, 0) is 39.2 Å². The van der Waals surface area contributed by atoms with Crippen molar-refractivity contribution in [1.29, 1.82) is 0 Å². The Morgan fingerprint density at radius 1 is 0.769 bits per heavy atom. The van der Waals surface area contributed by atoms with Crippen molar-refractivity contribution < 1.29 is 42.7 Å². The Morgan fingerprint density at radius 3 is 1.54 bits per heavy atom. The number of aliphatic carboxylic acids is 1. The number of benzene rings is 1. The lowest BCUT2D eigenvalue weighted by molar-refractivity contribution is -0.143. The van der Waals surface area contributed by atoms with Crippen LogP contribution in [0.3, 0.4) is 0 Å². The molecule has 2 rings (SSSR count). The predicted octanol–water partition coefficient (Wildman–Crippen LogP) is 9.22. The summed E-state index contributed by atoms with van der Waals surface area (Å²) in [5, 5.41) is 9.03. The maximum atomic E-state index is 13.4. The SMILES string of the molecule is CCC(=O)C(C)(C)[C@H](CC(=O)N1C(=O)OC[C@@H]1Cc1ccccc1)O[Si](C)(C)C(C)(C)C.CCC(=O)C(C)(C)[C@H](CC(=O)O)O[Si](C)(C)C(C)(C)C. The number of imide groups is 1. The van der Waals surface area contributed by atoms with E-state index < -0.39 is 51.7 Å². The van der Waals surface area contributed by atoms with Crippen molar-refractivity contribution in [2.24, 2.45) is 10.8 Å². The van der Waals surface area contributed by atoms with Crippen molar-refractivity contribution in [2.45, 2.75) is 170 Å². The minimum Gasteiger partial charge on any atom is -0.481 e. The molecule has 1 aliphatic rings. The number of carbonyl (C=O) groups is 5. The number of amides is 2. The highest BCUT2D eigenvalue weighted by Crippen LogP contribution is 2.42. The molecule has 1 aromatic rings. The molecular weight excluding hydrogens is 695 g/mol. The fourth-order valence-corrected chi connectivity index (χ4v) is 8.33. The summed E-state index contributed by atoms with van der Waals surface area (Å²) >= 11 is 0. The summed E-state index contributed by atoms with van der Waals surface area (Å²) in [7, 11) is -4.40. The number of carbonyl (C=O) groups excluding carboxylic acids is 4. The smallest absolute Gasteiger partial charge is 0.416 e. The van der Waals surface area contributed by atoms with Crippen molar-refractivity contribution in [2.75, 3.05) is 6.61 Å². The first kappa shape index (κ1) is 47.3. The molecule has 0 unspecified atom stereocenters. The van der Waals surface area contributed by atoms with Gasteiger partial charge in [-0.2, -0.15) is 0 Å². The summed E-state index contributed by atoms with van der Waals surface area (Å²) in [6, 6.07) is 9.37. The minimum atomic E-state index is -2.28. The quantitative estimate of drug-likeness (QED) is 0.163. The molecule has 0 radical (unpaired) electrons. The van der Waals surface area contributed by atoms with Gasteiger partial charge >= 0.3 is 12.1 Å². The van der Waals surface area contributed by atoms with E-state index in [0.717, 1.165) is 5.56 Å². The van der Waals surface area contributed by atoms with Gasteiger partial charge in [0.25, 0.3) is 0 Å². The Labute approximate surface area is 316 Å². The maximum Gasteiger partial charge on any atom is 0.416 e. The van der Waals surface area contributed by atoms with Gasteiger partial charge in [0, 0.05) is 23.7 Å². The van der Waals surface area contributed by atoms with Gasteiger partial charge in [-0.05, 0) is 48.2 Å². The topological polar surface area (TPSA) is 137 Å². The summed E-state index contributed by atoms with van der Waals surface area (Å²) in [5.41, 5.74) is -0.592. The average Bonchev–Trinajstić information content (AvgIpc) is 3.37. The van der Waals surface area contributed by atoms with E-state index in [1.54, 1.807) is 20.8 Å². The Kier molecular flexibility index (Phi) is 16.5. The number of rotatable bonds is 16. The predicted molar refractivity (Wildman–Crippen MR) is 211 cm³/mol. The Hall–Kier alpha value is -2.68. The van der Waals surface area contributed by atoms with Crippen LogP contribution < -0.4 is 0 Å². The van der Waals surface area contributed by atoms with Gasteiger partial charge in [-0.1, -0.05) is 113 Å². The minimum absolute atomic E-state index is 0.0188. The molecule has 1 aromatic carbocycles. The average molecular weight is 764 g/mol. The van der Waals surface area contributed by atoms with Crippen molar-refractivity contribution in [3.63, 3.8) is 0 Å². The molecule has 1 N–H and O–H groups in total. The maximum absolute atomic E-state index is 13.4. The van der Waals surface area contributed by atoms with Crippen LogP contribution in [0, 0.1) is 10.8 Å². The van der Waals surface area contributed by atoms with Gasteiger partial charge in [-0.3, -0.25) is 19.2 Å². The van der Waals surface area contributed by atoms with Gasteiger partial charge in [-0.15, -0.1) is 0 Å².